The fourth-order valence-corrected chi connectivity index (χ4v) is 3.24. The summed E-state index contributed by atoms with van der Waals surface area (Å²) < 4.78 is 7.85. The van der Waals surface area contributed by atoms with E-state index < -0.39 is 0 Å². The van der Waals surface area contributed by atoms with Gasteiger partial charge in [-0.05, 0) is 30.5 Å². The van der Waals surface area contributed by atoms with Gasteiger partial charge in [-0.25, -0.2) is 0 Å². The van der Waals surface area contributed by atoms with E-state index in [9.17, 15) is 4.79 Å². The molecule has 27 heavy (non-hydrogen) atoms. The summed E-state index contributed by atoms with van der Waals surface area (Å²) in [5.74, 6) is 2.41. The molecular formula is C21H22N4O2. The summed E-state index contributed by atoms with van der Waals surface area (Å²) in [4.78, 5) is 12.0. The molecule has 0 bridgehead atoms. The summed E-state index contributed by atoms with van der Waals surface area (Å²) in [7, 11) is 0. The average molecular weight is 362 g/mol. The van der Waals surface area contributed by atoms with Crippen LogP contribution in [0.4, 0.5) is 0 Å². The van der Waals surface area contributed by atoms with Crippen molar-refractivity contribution in [3.8, 4) is 17.1 Å². The van der Waals surface area contributed by atoms with E-state index in [1.165, 1.54) is 6.42 Å². The summed E-state index contributed by atoms with van der Waals surface area (Å²) in [6, 6.07) is 17.5. The Bertz CT molecular complexity index is 921. The molecule has 3 aromatic rings. The molecule has 138 valence electrons. The molecule has 2 aromatic carbocycles. The van der Waals surface area contributed by atoms with Gasteiger partial charge in [0.15, 0.2) is 12.4 Å². The van der Waals surface area contributed by atoms with Crippen molar-refractivity contribution in [2.24, 2.45) is 0 Å². The zero-order chi connectivity index (χ0) is 18.5. The molecule has 6 nitrogen and oxygen atoms in total. The third kappa shape index (κ3) is 4.16. The van der Waals surface area contributed by atoms with E-state index in [1.54, 1.807) is 0 Å². The molecule has 4 rings (SSSR count). The van der Waals surface area contributed by atoms with Crippen molar-refractivity contribution in [3.05, 3.63) is 66.0 Å². The molecule has 0 saturated carbocycles. The normalized spacial score (nSPS) is 13.0. The number of hydrogen-bond acceptors (Lipinski definition) is 4. The number of hydrogen-bond donors (Lipinski definition) is 1. The number of amides is 1. The smallest absolute Gasteiger partial charge is 0.258 e. The van der Waals surface area contributed by atoms with Crippen molar-refractivity contribution in [2.75, 3.05) is 6.61 Å². The fourth-order valence-electron chi connectivity index (χ4n) is 3.24. The largest absolute Gasteiger partial charge is 0.484 e. The number of carbonyl (C=O) groups is 1. The van der Waals surface area contributed by atoms with Gasteiger partial charge in [0.05, 0.1) is 0 Å². The Morgan fingerprint density at radius 2 is 1.96 bits per heavy atom. The zero-order valence-electron chi connectivity index (χ0n) is 15.1. The first-order chi connectivity index (χ1) is 13.3. The maximum atomic E-state index is 12.0. The van der Waals surface area contributed by atoms with Gasteiger partial charge >= 0.3 is 0 Å². The first-order valence-corrected chi connectivity index (χ1v) is 9.25. The average Bonchev–Trinajstić information content (AvgIpc) is 3.16. The highest BCUT2D eigenvalue weighted by atomic mass is 16.5. The first kappa shape index (κ1) is 17.3. The van der Waals surface area contributed by atoms with Crippen LogP contribution in [0.5, 0.6) is 5.75 Å². The van der Waals surface area contributed by atoms with Gasteiger partial charge in [-0.1, -0.05) is 42.5 Å². The van der Waals surface area contributed by atoms with Crippen LogP contribution in [0.25, 0.3) is 11.4 Å². The molecule has 0 saturated heterocycles. The Labute approximate surface area is 158 Å². The molecule has 1 aliphatic rings. The number of fused-ring (bicyclic) bond motifs is 1. The third-order valence-corrected chi connectivity index (χ3v) is 4.65. The topological polar surface area (TPSA) is 69.0 Å². The van der Waals surface area contributed by atoms with Crippen LogP contribution in [-0.4, -0.2) is 27.3 Å². The van der Waals surface area contributed by atoms with Crippen LogP contribution >= 0.6 is 0 Å². The Balaban J connectivity index is 1.37. The van der Waals surface area contributed by atoms with Crippen LogP contribution in [0.1, 0.15) is 24.2 Å². The van der Waals surface area contributed by atoms with Crippen LogP contribution in [0.2, 0.25) is 0 Å². The number of aryl methyl sites for hydroxylation is 1. The van der Waals surface area contributed by atoms with E-state index in [1.807, 2.05) is 54.6 Å². The number of nitrogens with zero attached hydrogens (tertiary/aromatic N) is 3. The Hall–Kier alpha value is -3.15. The van der Waals surface area contributed by atoms with Gasteiger partial charge in [0.25, 0.3) is 5.91 Å². The van der Waals surface area contributed by atoms with Crippen molar-refractivity contribution in [1.82, 2.24) is 20.1 Å². The first-order valence-electron chi connectivity index (χ1n) is 9.25. The van der Waals surface area contributed by atoms with Gasteiger partial charge in [0, 0.05) is 25.1 Å². The van der Waals surface area contributed by atoms with Gasteiger partial charge in [-0.2, -0.15) is 0 Å². The van der Waals surface area contributed by atoms with Gasteiger partial charge in [-0.15, -0.1) is 10.2 Å². The molecule has 0 radical (unpaired) electrons. The monoisotopic (exact) mass is 362 g/mol. The van der Waals surface area contributed by atoms with Gasteiger partial charge in [0.2, 0.25) is 0 Å². The second-order valence-electron chi connectivity index (χ2n) is 6.63. The van der Waals surface area contributed by atoms with E-state index in [0.29, 0.717) is 12.3 Å². The van der Waals surface area contributed by atoms with E-state index >= 15 is 0 Å². The lowest BCUT2D eigenvalue weighted by Crippen LogP contribution is -2.28. The lowest BCUT2D eigenvalue weighted by atomic mass is 10.1. The predicted molar refractivity (Wildman–Crippen MR) is 102 cm³/mol. The molecule has 1 aromatic heterocycles. The van der Waals surface area contributed by atoms with E-state index in [4.69, 9.17) is 4.74 Å². The highest BCUT2D eigenvalue weighted by molar-refractivity contribution is 5.77. The summed E-state index contributed by atoms with van der Waals surface area (Å²) in [6.07, 6.45) is 3.29. The lowest BCUT2D eigenvalue weighted by molar-refractivity contribution is -0.123. The third-order valence-electron chi connectivity index (χ3n) is 4.65. The molecule has 0 fully saturated rings. The predicted octanol–water partition coefficient (Wildman–Crippen LogP) is 2.98. The van der Waals surface area contributed by atoms with Crippen LogP contribution in [0, 0.1) is 0 Å². The van der Waals surface area contributed by atoms with E-state index in [2.05, 4.69) is 20.1 Å². The summed E-state index contributed by atoms with van der Waals surface area (Å²) >= 11 is 0. The van der Waals surface area contributed by atoms with Gasteiger partial charge in [-0.3, -0.25) is 4.79 Å². The maximum absolute atomic E-state index is 12.0. The maximum Gasteiger partial charge on any atom is 0.258 e. The van der Waals surface area contributed by atoms with Crippen molar-refractivity contribution in [1.29, 1.82) is 0 Å². The molecule has 0 spiro atoms. The molecule has 0 atom stereocenters. The van der Waals surface area contributed by atoms with E-state index in [0.717, 1.165) is 42.2 Å². The van der Waals surface area contributed by atoms with Gasteiger partial charge < -0.3 is 14.6 Å². The number of carbonyl (C=O) groups excluding carboxylic acids is 1. The number of benzene rings is 2. The second-order valence-corrected chi connectivity index (χ2v) is 6.63. The van der Waals surface area contributed by atoms with Crippen molar-refractivity contribution in [3.63, 3.8) is 0 Å². The molecular weight excluding hydrogens is 340 g/mol. The number of nitrogens with one attached hydrogen (secondary N) is 1. The summed E-state index contributed by atoms with van der Waals surface area (Å²) in [5, 5.41) is 11.5. The summed E-state index contributed by atoms with van der Waals surface area (Å²) in [5.41, 5.74) is 2.02. The molecule has 1 aliphatic heterocycles. The van der Waals surface area contributed by atoms with Crippen LogP contribution in [-0.2, 0) is 24.3 Å². The van der Waals surface area contributed by atoms with Crippen molar-refractivity contribution >= 4 is 5.91 Å². The highest BCUT2D eigenvalue weighted by Gasteiger charge is 2.17. The summed E-state index contributed by atoms with van der Waals surface area (Å²) in [6.45, 7) is 1.42. The SMILES string of the molecule is O=C(COc1cccc(-c2nnc3n2CCCC3)c1)NCc1ccccc1. The highest BCUT2D eigenvalue weighted by Crippen LogP contribution is 2.25. The lowest BCUT2D eigenvalue weighted by Gasteiger charge is -2.15. The standard InChI is InChI=1S/C21H22N4O2/c26-20(22-14-16-7-2-1-3-8-16)15-27-18-10-6-9-17(13-18)21-24-23-19-11-4-5-12-25(19)21/h1-3,6-10,13H,4-5,11-12,14-15H2,(H,22,26). The quantitative estimate of drug-likeness (QED) is 0.732. The minimum atomic E-state index is -0.149. The van der Waals surface area contributed by atoms with Gasteiger partial charge in [0.1, 0.15) is 11.6 Å². The van der Waals surface area contributed by atoms with Crippen LogP contribution < -0.4 is 10.1 Å². The molecule has 1 N–H and O–H groups in total. The Morgan fingerprint density at radius 3 is 2.85 bits per heavy atom. The fraction of sp³-hybridized carbons (Fsp3) is 0.286. The number of ether oxygens (including phenoxy) is 1. The van der Waals surface area contributed by atoms with Crippen molar-refractivity contribution in [2.45, 2.75) is 32.4 Å². The molecule has 6 heteroatoms. The van der Waals surface area contributed by atoms with Crippen molar-refractivity contribution < 1.29 is 9.53 Å². The molecule has 2 heterocycles. The van der Waals surface area contributed by atoms with Crippen LogP contribution in [0.3, 0.4) is 0 Å². The molecule has 1 amide bonds. The second kappa shape index (κ2) is 8.03. The van der Waals surface area contributed by atoms with Crippen LogP contribution in [0.15, 0.2) is 54.6 Å². The number of aromatic nitrogens is 3. The molecule has 0 aliphatic carbocycles. The zero-order valence-corrected chi connectivity index (χ0v) is 15.1. The Morgan fingerprint density at radius 1 is 1.07 bits per heavy atom. The minimum Gasteiger partial charge on any atom is -0.484 e. The Kier molecular flexibility index (Phi) is 5.14. The number of rotatable bonds is 6. The molecule has 0 unspecified atom stereocenters. The minimum absolute atomic E-state index is 0.0196. The van der Waals surface area contributed by atoms with E-state index in [-0.39, 0.29) is 12.5 Å².